The second kappa shape index (κ2) is 7.74. The normalized spacial score (nSPS) is 11.0. The molecule has 30 heavy (non-hydrogen) atoms. The zero-order valence-corrected chi connectivity index (χ0v) is 17.5. The second-order valence-electron chi connectivity index (χ2n) is 6.50. The maximum atomic E-state index is 13.6. The Hall–Kier alpha value is -3.49. The third kappa shape index (κ3) is 3.36. The van der Waals surface area contributed by atoms with Gasteiger partial charge in [0.05, 0.1) is 15.9 Å². The van der Waals surface area contributed by atoms with Crippen LogP contribution in [0.1, 0.15) is 16.1 Å². The van der Waals surface area contributed by atoms with Gasteiger partial charge in [0.2, 0.25) is 0 Å². The summed E-state index contributed by atoms with van der Waals surface area (Å²) in [5, 5.41) is 2.96. The minimum Gasteiger partial charge on any atom is -0.266 e. The average Bonchev–Trinajstić information content (AvgIpc) is 3.43. The molecular formula is C22H15N5OS2. The summed E-state index contributed by atoms with van der Waals surface area (Å²) in [5.41, 5.74) is 2.96. The molecule has 0 radical (unpaired) electrons. The first-order valence-electron chi connectivity index (χ1n) is 9.19. The molecule has 0 saturated carbocycles. The molecule has 1 amide bonds. The topological polar surface area (TPSA) is 71.9 Å². The summed E-state index contributed by atoms with van der Waals surface area (Å²) in [5.74, 6) is 0.269. The Balaban J connectivity index is 1.61. The van der Waals surface area contributed by atoms with Gasteiger partial charge >= 0.3 is 0 Å². The molecule has 6 nitrogen and oxygen atoms in total. The van der Waals surface area contributed by atoms with Gasteiger partial charge in [-0.25, -0.2) is 19.9 Å². The van der Waals surface area contributed by atoms with Crippen molar-refractivity contribution in [3.8, 4) is 10.8 Å². The van der Waals surface area contributed by atoms with Gasteiger partial charge in [0.15, 0.2) is 16.0 Å². The number of benzene rings is 2. The molecule has 8 heteroatoms. The van der Waals surface area contributed by atoms with Gasteiger partial charge < -0.3 is 0 Å². The minimum absolute atomic E-state index is 0.234. The molecule has 146 valence electrons. The number of hydrogen-bond donors (Lipinski definition) is 0. The van der Waals surface area contributed by atoms with E-state index in [-0.39, 0.29) is 5.91 Å². The fourth-order valence-corrected chi connectivity index (χ4v) is 4.78. The molecule has 3 heterocycles. The number of anilines is 2. The van der Waals surface area contributed by atoms with E-state index in [1.807, 2.05) is 55.5 Å². The van der Waals surface area contributed by atoms with Gasteiger partial charge in [-0.1, -0.05) is 41.7 Å². The van der Waals surface area contributed by atoms with Crippen LogP contribution in [0.2, 0.25) is 0 Å². The number of carbonyl (C=O) groups is 1. The maximum absolute atomic E-state index is 13.6. The van der Waals surface area contributed by atoms with E-state index in [1.165, 1.54) is 22.7 Å². The highest BCUT2D eigenvalue weighted by atomic mass is 32.1. The molecule has 0 saturated heterocycles. The van der Waals surface area contributed by atoms with Gasteiger partial charge in [-0.05, 0) is 36.8 Å². The van der Waals surface area contributed by atoms with E-state index in [1.54, 1.807) is 28.7 Å². The van der Waals surface area contributed by atoms with Crippen molar-refractivity contribution < 1.29 is 4.79 Å². The zero-order valence-electron chi connectivity index (χ0n) is 15.9. The van der Waals surface area contributed by atoms with Crippen molar-refractivity contribution in [2.24, 2.45) is 0 Å². The number of aromatic nitrogens is 4. The molecule has 2 aromatic carbocycles. The summed E-state index contributed by atoms with van der Waals surface area (Å²) in [4.78, 5) is 32.9. The standard InChI is InChI=1S/C22H15N5OS2/c1-14-7-2-4-9-17(14)27(22-26-15-8-3-5-10-18(15)30-22)21(28)16-13-29-20(25-16)19-23-11-6-12-24-19/h2-13H,1H3. The van der Waals surface area contributed by atoms with Gasteiger partial charge in [0, 0.05) is 17.8 Å². The first-order chi connectivity index (χ1) is 14.7. The number of amides is 1. The highest BCUT2D eigenvalue weighted by molar-refractivity contribution is 7.22. The lowest BCUT2D eigenvalue weighted by Gasteiger charge is -2.21. The Labute approximate surface area is 180 Å². The Morgan fingerprint density at radius 2 is 1.70 bits per heavy atom. The lowest BCUT2D eigenvalue weighted by atomic mass is 10.2. The van der Waals surface area contributed by atoms with Gasteiger partial charge in [-0.3, -0.25) is 9.69 Å². The van der Waals surface area contributed by atoms with Crippen molar-refractivity contribution in [3.05, 3.63) is 83.6 Å². The summed E-state index contributed by atoms with van der Waals surface area (Å²) in [6.07, 6.45) is 3.32. The van der Waals surface area contributed by atoms with Crippen LogP contribution >= 0.6 is 22.7 Å². The quantitative estimate of drug-likeness (QED) is 0.377. The largest absolute Gasteiger partial charge is 0.284 e. The lowest BCUT2D eigenvalue weighted by Crippen LogP contribution is -2.26. The SMILES string of the molecule is Cc1ccccc1N(C(=O)c1csc(-c2ncccn2)n1)c1nc2ccccc2s1. The van der Waals surface area contributed by atoms with Crippen molar-refractivity contribution in [2.75, 3.05) is 4.90 Å². The summed E-state index contributed by atoms with van der Waals surface area (Å²) < 4.78 is 1.02. The number of aryl methyl sites for hydroxylation is 1. The first kappa shape index (κ1) is 18.5. The molecule has 0 aliphatic heterocycles. The average molecular weight is 430 g/mol. The summed E-state index contributed by atoms with van der Waals surface area (Å²) in [7, 11) is 0. The molecule has 0 aliphatic carbocycles. The maximum Gasteiger partial charge on any atom is 0.284 e. The molecule has 0 unspecified atom stereocenters. The van der Waals surface area contributed by atoms with Gasteiger partial charge in [0.1, 0.15) is 5.69 Å². The molecule has 5 rings (SSSR count). The van der Waals surface area contributed by atoms with E-state index in [0.29, 0.717) is 21.7 Å². The van der Waals surface area contributed by atoms with Crippen molar-refractivity contribution >= 4 is 49.6 Å². The van der Waals surface area contributed by atoms with E-state index >= 15 is 0 Å². The molecule has 3 aromatic heterocycles. The predicted molar refractivity (Wildman–Crippen MR) is 120 cm³/mol. The highest BCUT2D eigenvalue weighted by Gasteiger charge is 2.26. The monoisotopic (exact) mass is 429 g/mol. The molecule has 0 N–H and O–H groups in total. The number of fused-ring (bicyclic) bond motifs is 1. The third-order valence-corrected chi connectivity index (χ3v) is 6.37. The number of nitrogens with zero attached hydrogens (tertiary/aromatic N) is 5. The second-order valence-corrected chi connectivity index (χ2v) is 8.37. The zero-order chi connectivity index (χ0) is 20.5. The van der Waals surface area contributed by atoms with Crippen molar-refractivity contribution in [3.63, 3.8) is 0 Å². The first-order valence-corrected chi connectivity index (χ1v) is 10.9. The van der Waals surface area contributed by atoms with Gasteiger partial charge in [-0.2, -0.15) is 0 Å². The molecule has 0 spiro atoms. The van der Waals surface area contributed by atoms with Crippen LogP contribution in [-0.4, -0.2) is 25.8 Å². The molecule has 0 fully saturated rings. The molecule has 5 aromatic rings. The van der Waals surface area contributed by atoms with E-state index in [9.17, 15) is 4.79 Å². The van der Waals surface area contributed by atoms with Crippen LogP contribution in [0.15, 0.2) is 72.4 Å². The molecule has 0 bridgehead atoms. The predicted octanol–water partition coefficient (Wildman–Crippen LogP) is 5.50. The Bertz CT molecular complexity index is 1310. The van der Waals surface area contributed by atoms with Crippen molar-refractivity contribution in [1.29, 1.82) is 0 Å². The van der Waals surface area contributed by atoms with E-state index < -0.39 is 0 Å². The van der Waals surface area contributed by atoms with Crippen LogP contribution in [0.5, 0.6) is 0 Å². The number of hydrogen-bond acceptors (Lipinski definition) is 7. The third-order valence-electron chi connectivity index (χ3n) is 4.51. The van der Waals surface area contributed by atoms with E-state index in [4.69, 9.17) is 4.98 Å². The Morgan fingerprint density at radius 1 is 0.933 bits per heavy atom. The van der Waals surface area contributed by atoms with E-state index in [0.717, 1.165) is 21.5 Å². The van der Waals surface area contributed by atoms with Crippen LogP contribution in [0.4, 0.5) is 10.8 Å². The fourth-order valence-electron chi connectivity index (χ4n) is 3.07. The summed E-state index contributed by atoms with van der Waals surface area (Å²) in [6.45, 7) is 1.98. The van der Waals surface area contributed by atoms with Crippen molar-refractivity contribution in [2.45, 2.75) is 6.92 Å². The minimum atomic E-state index is -0.234. The van der Waals surface area contributed by atoms with Crippen LogP contribution in [0, 0.1) is 6.92 Å². The number of para-hydroxylation sites is 2. The Kier molecular flexibility index (Phi) is 4.78. The van der Waals surface area contributed by atoms with Crippen LogP contribution in [-0.2, 0) is 0 Å². The van der Waals surface area contributed by atoms with Crippen LogP contribution < -0.4 is 4.90 Å². The number of thiazole rings is 2. The Morgan fingerprint density at radius 3 is 2.50 bits per heavy atom. The van der Waals surface area contributed by atoms with Gasteiger partial charge in [0.25, 0.3) is 5.91 Å². The lowest BCUT2D eigenvalue weighted by molar-refractivity contribution is 0.0995. The number of carbonyl (C=O) groups excluding carboxylic acids is 1. The summed E-state index contributed by atoms with van der Waals surface area (Å²) in [6, 6.07) is 17.4. The summed E-state index contributed by atoms with van der Waals surface area (Å²) >= 11 is 2.83. The number of rotatable bonds is 4. The molecule has 0 aliphatic rings. The van der Waals surface area contributed by atoms with Gasteiger partial charge in [-0.15, -0.1) is 11.3 Å². The molecule has 0 atom stereocenters. The highest BCUT2D eigenvalue weighted by Crippen LogP contribution is 2.36. The van der Waals surface area contributed by atoms with E-state index in [2.05, 4.69) is 15.0 Å². The van der Waals surface area contributed by atoms with Crippen molar-refractivity contribution in [1.82, 2.24) is 19.9 Å². The van der Waals surface area contributed by atoms with Crippen LogP contribution in [0.3, 0.4) is 0 Å². The molecular weight excluding hydrogens is 414 g/mol. The van der Waals surface area contributed by atoms with Crippen LogP contribution in [0.25, 0.3) is 21.0 Å². The fraction of sp³-hybridized carbons (Fsp3) is 0.0455. The smallest absolute Gasteiger partial charge is 0.266 e.